The van der Waals surface area contributed by atoms with Gasteiger partial charge in [0.2, 0.25) is 0 Å². The maximum Gasteiger partial charge on any atom is 0.269 e. The molecule has 0 saturated heterocycles. The summed E-state index contributed by atoms with van der Waals surface area (Å²) in [5.41, 5.74) is 1.64. The van der Waals surface area contributed by atoms with E-state index in [-0.39, 0.29) is 21.7 Å². The van der Waals surface area contributed by atoms with Crippen LogP contribution in [-0.2, 0) is 23.1 Å². The SMILES string of the molecule is CCN(F)S(=O)(=O)c1ccc(CNCc2ccccc2O)cc1. The number of nitrogens with zero attached hydrogens (tertiary/aromatic N) is 1. The Balaban J connectivity index is 1.97. The number of nitrogens with one attached hydrogen (secondary N) is 1. The molecule has 0 atom stereocenters. The van der Waals surface area contributed by atoms with Crippen molar-refractivity contribution in [1.29, 1.82) is 0 Å². The largest absolute Gasteiger partial charge is 0.508 e. The average Bonchev–Trinajstić information content (AvgIpc) is 2.56. The Morgan fingerprint density at radius 1 is 1.09 bits per heavy atom. The average molecular weight is 338 g/mol. The lowest BCUT2D eigenvalue weighted by atomic mass is 10.2. The monoisotopic (exact) mass is 338 g/mol. The lowest BCUT2D eigenvalue weighted by Crippen LogP contribution is -2.22. The van der Waals surface area contributed by atoms with E-state index in [4.69, 9.17) is 0 Å². The van der Waals surface area contributed by atoms with Crippen LogP contribution >= 0.6 is 0 Å². The highest BCUT2D eigenvalue weighted by Crippen LogP contribution is 2.17. The Labute approximate surface area is 135 Å². The lowest BCUT2D eigenvalue weighted by molar-refractivity contribution is 0.147. The summed E-state index contributed by atoms with van der Waals surface area (Å²) in [7, 11) is -4.06. The van der Waals surface area contributed by atoms with E-state index in [1.54, 1.807) is 24.3 Å². The van der Waals surface area contributed by atoms with Gasteiger partial charge in [0.15, 0.2) is 0 Å². The van der Waals surface area contributed by atoms with Crippen molar-refractivity contribution in [3.8, 4) is 5.75 Å². The predicted octanol–water partition coefficient (Wildman–Crippen LogP) is 2.58. The molecule has 23 heavy (non-hydrogen) atoms. The van der Waals surface area contributed by atoms with E-state index in [1.165, 1.54) is 19.1 Å². The molecule has 0 aliphatic heterocycles. The van der Waals surface area contributed by atoms with Crippen LogP contribution in [-0.4, -0.2) is 24.6 Å². The molecule has 2 aromatic carbocycles. The molecule has 7 heteroatoms. The molecule has 2 aromatic rings. The van der Waals surface area contributed by atoms with Gasteiger partial charge in [0, 0.05) is 25.2 Å². The molecule has 0 aliphatic rings. The van der Waals surface area contributed by atoms with Gasteiger partial charge in [-0.15, -0.1) is 4.48 Å². The van der Waals surface area contributed by atoms with Gasteiger partial charge in [0.05, 0.1) is 4.90 Å². The number of aromatic hydroxyl groups is 1. The first-order valence-electron chi connectivity index (χ1n) is 7.20. The Morgan fingerprint density at radius 3 is 2.35 bits per heavy atom. The molecule has 0 heterocycles. The van der Waals surface area contributed by atoms with Crippen molar-refractivity contribution in [3.63, 3.8) is 0 Å². The zero-order valence-electron chi connectivity index (χ0n) is 12.7. The fourth-order valence-corrected chi connectivity index (χ4v) is 3.11. The van der Waals surface area contributed by atoms with E-state index in [0.29, 0.717) is 13.1 Å². The number of phenols is 1. The van der Waals surface area contributed by atoms with Crippen LogP contribution in [0.5, 0.6) is 5.75 Å². The van der Waals surface area contributed by atoms with Gasteiger partial charge in [0.1, 0.15) is 5.75 Å². The van der Waals surface area contributed by atoms with Gasteiger partial charge >= 0.3 is 0 Å². The van der Waals surface area contributed by atoms with E-state index in [2.05, 4.69) is 5.32 Å². The molecule has 0 amide bonds. The zero-order chi connectivity index (χ0) is 16.9. The summed E-state index contributed by atoms with van der Waals surface area (Å²) >= 11 is 0. The number of hydrogen-bond donors (Lipinski definition) is 2. The highest BCUT2D eigenvalue weighted by molar-refractivity contribution is 7.89. The molecule has 0 bridgehead atoms. The fraction of sp³-hybridized carbons (Fsp3) is 0.250. The molecule has 0 radical (unpaired) electrons. The molecule has 0 unspecified atom stereocenters. The van der Waals surface area contributed by atoms with Crippen molar-refractivity contribution < 1.29 is 18.0 Å². The highest BCUT2D eigenvalue weighted by atomic mass is 32.2. The van der Waals surface area contributed by atoms with Gasteiger partial charge in [-0.2, -0.15) is 0 Å². The van der Waals surface area contributed by atoms with E-state index in [9.17, 15) is 18.0 Å². The third-order valence-electron chi connectivity index (χ3n) is 3.37. The van der Waals surface area contributed by atoms with Crippen LogP contribution in [0.1, 0.15) is 18.1 Å². The van der Waals surface area contributed by atoms with Crippen LogP contribution in [0.15, 0.2) is 53.4 Å². The molecule has 0 aliphatic carbocycles. The first-order valence-corrected chi connectivity index (χ1v) is 8.64. The summed E-state index contributed by atoms with van der Waals surface area (Å²) in [4.78, 5) is -0.0775. The van der Waals surface area contributed by atoms with Crippen molar-refractivity contribution in [3.05, 3.63) is 59.7 Å². The first kappa shape index (κ1) is 17.4. The third-order valence-corrected chi connectivity index (χ3v) is 5.01. The highest BCUT2D eigenvalue weighted by Gasteiger charge is 2.22. The maximum atomic E-state index is 13.3. The molecule has 0 saturated carbocycles. The number of phenolic OH excluding ortho intramolecular Hbond substituents is 1. The molecule has 124 valence electrons. The van der Waals surface area contributed by atoms with Crippen molar-refractivity contribution in [1.82, 2.24) is 9.84 Å². The number of hydrogen-bond acceptors (Lipinski definition) is 4. The molecule has 0 aromatic heterocycles. The van der Waals surface area contributed by atoms with Gasteiger partial charge in [0.25, 0.3) is 10.0 Å². The van der Waals surface area contributed by atoms with E-state index in [0.717, 1.165) is 11.1 Å². The Morgan fingerprint density at radius 2 is 1.74 bits per heavy atom. The molecule has 2 N–H and O–H groups in total. The molecule has 0 spiro atoms. The van der Waals surface area contributed by atoms with Crippen LogP contribution < -0.4 is 5.32 Å². The van der Waals surface area contributed by atoms with Gasteiger partial charge in [-0.05, 0) is 35.2 Å². The standard InChI is InChI=1S/C16H19FN2O3S/c1-2-19(17)23(21,22)15-9-7-13(8-10-15)11-18-12-14-5-3-4-6-16(14)20/h3-10,18,20H,2,11-12H2,1H3. The van der Waals surface area contributed by atoms with Crippen LogP contribution in [0.25, 0.3) is 0 Å². The lowest BCUT2D eigenvalue weighted by Gasteiger charge is -2.11. The minimum atomic E-state index is -4.06. The van der Waals surface area contributed by atoms with Gasteiger partial charge < -0.3 is 10.4 Å². The predicted molar refractivity (Wildman–Crippen MR) is 85.8 cm³/mol. The van der Waals surface area contributed by atoms with Crippen LogP contribution in [0.4, 0.5) is 4.48 Å². The molecular formula is C16H19FN2O3S. The molecular weight excluding hydrogens is 319 g/mol. The minimum Gasteiger partial charge on any atom is -0.508 e. The van der Waals surface area contributed by atoms with E-state index >= 15 is 0 Å². The quantitative estimate of drug-likeness (QED) is 0.761. The zero-order valence-corrected chi connectivity index (χ0v) is 13.6. The number of para-hydroxylation sites is 1. The fourth-order valence-electron chi connectivity index (χ4n) is 2.07. The smallest absolute Gasteiger partial charge is 0.269 e. The van der Waals surface area contributed by atoms with Crippen molar-refractivity contribution >= 4 is 10.0 Å². The summed E-state index contributed by atoms with van der Waals surface area (Å²) in [6.45, 7) is 2.18. The van der Waals surface area contributed by atoms with Crippen molar-refractivity contribution in [2.45, 2.75) is 24.9 Å². The summed E-state index contributed by atoms with van der Waals surface area (Å²) in [6.07, 6.45) is 0. The summed E-state index contributed by atoms with van der Waals surface area (Å²) in [5, 5.41) is 12.8. The van der Waals surface area contributed by atoms with E-state index < -0.39 is 10.0 Å². The van der Waals surface area contributed by atoms with Crippen LogP contribution in [0, 0.1) is 0 Å². The Bertz CT molecular complexity index is 748. The topological polar surface area (TPSA) is 69.6 Å². The van der Waals surface area contributed by atoms with Gasteiger partial charge in [-0.25, -0.2) is 8.42 Å². The second-order valence-corrected chi connectivity index (χ2v) is 6.80. The maximum absolute atomic E-state index is 13.3. The second kappa shape index (κ2) is 7.54. The molecule has 5 nitrogen and oxygen atoms in total. The summed E-state index contributed by atoms with van der Waals surface area (Å²) < 4.78 is 36.8. The normalized spacial score (nSPS) is 11.8. The minimum absolute atomic E-state index is 0.0775. The number of halogens is 1. The Hall–Kier alpha value is -1.96. The molecule has 0 fully saturated rings. The van der Waals surface area contributed by atoms with Crippen LogP contribution in [0.3, 0.4) is 0 Å². The third kappa shape index (κ3) is 4.28. The first-order chi connectivity index (χ1) is 10.9. The Kier molecular flexibility index (Phi) is 5.70. The summed E-state index contributed by atoms with van der Waals surface area (Å²) in [6, 6.07) is 13.1. The van der Waals surface area contributed by atoms with Crippen molar-refractivity contribution in [2.75, 3.05) is 6.54 Å². The van der Waals surface area contributed by atoms with Gasteiger partial charge in [-0.3, -0.25) is 0 Å². The van der Waals surface area contributed by atoms with E-state index in [1.807, 2.05) is 12.1 Å². The van der Waals surface area contributed by atoms with Crippen LogP contribution in [0.2, 0.25) is 0 Å². The van der Waals surface area contributed by atoms with Crippen molar-refractivity contribution in [2.24, 2.45) is 0 Å². The number of benzene rings is 2. The second-order valence-electron chi connectivity index (χ2n) is 4.99. The number of rotatable bonds is 7. The summed E-state index contributed by atoms with van der Waals surface area (Å²) in [5.74, 6) is 0.226. The molecule has 2 rings (SSSR count). The number of sulfonamides is 1. The van der Waals surface area contributed by atoms with Gasteiger partial charge in [-0.1, -0.05) is 30.3 Å².